The Morgan fingerprint density at radius 3 is 2.60 bits per heavy atom. The summed E-state index contributed by atoms with van der Waals surface area (Å²) in [5.41, 5.74) is 0. The van der Waals surface area contributed by atoms with E-state index in [0.29, 0.717) is 24.1 Å². The molecule has 2 heterocycles. The normalized spacial score (nSPS) is 51.4. The first-order valence-corrected chi connectivity index (χ1v) is 3.97. The summed E-state index contributed by atoms with van der Waals surface area (Å²) < 4.78 is 10.9. The molecule has 0 aliphatic carbocycles. The highest BCUT2D eigenvalue weighted by Gasteiger charge is 2.48. The summed E-state index contributed by atoms with van der Waals surface area (Å²) >= 11 is 0. The van der Waals surface area contributed by atoms with Crippen molar-refractivity contribution in [1.82, 2.24) is 0 Å². The third-order valence-corrected chi connectivity index (χ3v) is 2.53. The third-order valence-electron chi connectivity index (χ3n) is 2.53. The second-order valence-corrected chi connectivity index (χ2v) is 3.14. The molecule has 10 heavy (non-hydrogen) atoms. The number of ether oxygens (including phenoxy) is 1. The van der Waals surface area contributed by atoms with Gasteiger partial charge in [0.25, 0.3) is 0 Å². The molecule has 4 atom stereocenters. The molecule has 2 unspecified atom stereocenters. The lowest BCUT2D eigenvalue weighted by Crippen LogP contribution is -2.47. The molecule has 3 heteroatoms. The molecule has 0 aromatic carbocycles. The van der Waals surface area contributed by atoms with E-state index in [1.165, 1.54) is 0 Å². The maximum Gasteiger partial charge on any atom is 0.327 e. The molecule has 0 spiro atoms. The van der Waals surface area contributed by atoms with Crippen LogP contribution >= 0.6 is 0 Å². The number of rotatable bonds is 1. The summed E-state index contributed by atoms with van der Waals surface area (Å²) in [5, 5.41) is 0. The van der Waals surface area contributed by atoms with Gasteiger partial charge in [0.2, 0.25) is 0 Å². The molecular formula is C7H12BO2. The third kappa shape index (κ3) is 0.737. The van der Waals surface area contributed by atoms with E-state index in [1.807, 2.05) is 0 Å². The summed E-state index contributed by atoms with van der Waals surface area (Å²) in [6, 6.07) is 0.306. The van der Waals surface area contributed by atoms with Gasteiger partial charge in [-0.2, -0.15) is 0 Å². The Hall–Kier alpha value is -0.0151. The molecule has 2 fully saturated rings. The van der Waals surface area contributed by atoms with E-state index >= 15 is 0 Å². The Kier molecular flexibility index (Phi) is 1.50. The van der Waals surface area contributed by atoms with Crippen LogP contribution in [-0.4, -0.2) is 25.7 Å². The first-order chi connectivity index (χ1) is 4.83. The van der Waals surface area contributed by atoms with Crippen LogP contribution in [0.3, 0.4) is 0 Å². The minimum absolute atomic E-state index is 0.306. The van der Waals surface area contributed by atoms with Crippen LogP contribution in [0, 0.1) is 5.92 Å². The van der Waals surface area contributed by atoms with E-state index in [1.54, 1.807) is 7.48 Å². The van der Waals surface area contributed by atoms with Gasteiger partial charge in [0.05, 0.1) is 18.2 Å². The molecule has 0 aromatic rings. The van der Waals surface area contributed by atoms with Crippen LogP contribution in [0.2, 0.25) is 0 Å². The monoisotopic (exact) mass is 139 g/mol. The van der Waals surface area contributed by atoms with Gasteiger partial charge in [0.1, 0.15) is 0 Å². The van der Waals surface area contributed by atoms with Gasteiger partial charge in [-0.05, 0) is 6.42 Å². The zero-order chi connectivity index (χ0) is 7.14. The lowest BCUT2D eigenvalue weighted by Gasteiger charge is -2.30. The van der Waals surface area contributed by atoms with Crippen molar-refractivity contribution in [3.63, 3.8) is 0 Å². The highest BCUT2D eigenvalue weighted by Crippen LogP contribution is 2.35. The second kappa shape index (κ2) is 2.24. The Bertz CT molecular complexity index is 140. The van der Waals surface area contributed by atoms with Gasteiger partial charge >= 0.3 is 7.48 Å². The van der Waals surface area contributed by atoms with Crippen molar-refractivity contribution < 1.29 is 9.39 Å². The molecule has 2 nitrogen and oxygen atoms in total. The van der Waals surface area contributed by atoms with E-state index < -0.39 is 0 Å². The number of hydrogen-bond acceptors (Lipinski definition) is 2. The van der Waals surface area contributed by atoms with Crippen LogP contribution in [0.4, 0.5) is 0 Å². The van der Waals surface area contributed by atoms with E-state index in [4.69, 9.17) is 9.39 Å². The summed E-state index contributed by atoms with van der Waals surface area (Å²) in [6.07, 6.45) is 1.89. The van der Waals surface area contributed by atoms with Crippen LogP contribution in [0.15, 0.2) is 0 Å². The second-order valence-electron chi connectivity index (χ2n) is 3.14. The SMILES string of the molecule is CC[C@@H]1O[C@@H]2[B]OC2C1C. The number of fused-ring (bicyclic) bond motifs is 1. The lowest BCUT2D eigenvalue weighted by molar-refractivity contribution is 0.0173. The Labute approximate surface area is 62.2 Å². The average Bonchev–Trinajstić information content (AvgIpc) is 2.05. The van der Waals surface area contributed by atoms with Crippen LogP contribution in [0.1, 0.15) is 20.3 Å². The van der Waals surface area contributed by atoms with Gasteiger partial charge in [-0.25, -0.2) is 0 Å². The van der Waals surface area contributed by atoms with Gasteiger partial charge < -0.3 is 9.39 Å². The van der Waals surface area contributed by atoms with Crippen LogP contribution in [0.25, 0.3) is 0 Å². The van der Waals surface area contributed by atoms with Crippen molar-refractivity contribution in [2.45, 2.75) is 38.5 Å². The minimum atomic E-state index is 0.306. The summed E-state index contributed by atoms with van der Waals surface area (Å²) in [4.78, 5) is 0. The van der Waals surface area contributed by atoms with Crippen molar-refractivity contribution >= 4 is 7.48 Å². The molecule has 2 aliphatic heterocycles. The van der Waals surface area contributed by atoms with Crippen molar-refractivity contribution in [3.8, 4) is 0 Å². The molecule has 55 valence electrons. The molecule has 0 aromatic heterocycles. The molecular weight excluding hydrogens is 127 g/mol. The molecule has 2 rings (SSSR count). The van der Waals surface area contributed by atoms with Crippen molar-refractivity contribution in [2.75, 3.05) is 0 Å². The summed E-state index contributed by atoms with van der Waals surface area (Å²) in [6.45, 7) is 4.36. The number of hydrogen-bond donors (Lipinski definition) is 0. The molecule has 1 radical (unpaired) electrons. The van der Waals surface area contributed by atoms with E-state index in [0.717, 1.165) is 6.42 Å². The molecule has 0 bridgehead atoms. The first kappa shape index (κ1) is 6.68. The van der Waals surface area contributed by atoms with Crippen LogP contribution in [-0.2, 0) is 9.39 Å². The van der Waals surface area contributed by atoms with E-state index in [2.05, 4.69) is 13.8 Å². The van der Waals surface area contributed by atoms with Gasteiger partial charge in [0.15, 0.2) is 0 Å². The van der Waals surface area contributed by atoms with Crippen LogP contribution < -0.4 is 0 Å². The zero-order valence-electron chi connectivity index (χ0n) is 6.41. The summed E-state index contributed by atoms with van der Waals surface area (Å²) in [5.74, 6) is 0.583. The lowest BCUT2D eigenvalue weighted by atomic mass is 9.75. The van der Waals surface area contributed by atoms with Crippen molar-refractivity contribution in [2.24, 2.45) is 5.92 Å². The fourth-order valence-corrected chi connectivity index (χ4v) is 1.77. The maximum absolute atomic E-state index is 5.64. The largest absolute Gasteiger partial charge is 0.432 e. The van der Waals surface area contributed by atoms with E-state index in [-0.39, 0.29) is 0 Å². The highest BCUT2D eigenvalue weighted by atomic mass is 16.6. The van der Waals surface area contributed by atoms with Gasteiger partial charge in [-0.1, -0.05) is 13.8 Å². The topological polar surface area (TPSA) is 18.5 Å². The first-order valence-electron chi connectivity index (χ1n) is 3.97. The molecule has 0 amide bonds. The molecule has 2 aliphatic rings. The minimum Gasteiger partial charge on any atom is -0.432 e. The fourth-order valence-electron chi connectivity index (χ4n) is 1.77. The Morgan fingerprint density at radius 1 is 1.50 bits per heavy atom. The van der Waals surface area contributed by atoms with E-state index in [9.17, 15) is 0 Å². The van der Waals surface area contributed by atoms with Gasteiger partial charge in [-0.15, -0.1) is 0 Å². The fraction of sp³-hybridized carbons (Fsp3) is 1.00. The molecule has 0 N–H and O–H groups in total. The quantitative estimate of drug-likeness (QED) is 0.499. The van der Waals surface area contributed by atoms with Gasteiger partial charge in [0, 0.05) is 5.92 Å². The predicted molar refractivity (Wildman–Crippen MR) is 38.7 cm³/mol. The van der Waals surface area contributed by atoms with Crippen molar-refractivity contribution in [3.05, 3.63) is 0 Å². The molecule has 0 saturated carbocycles. The standard InChI is InChI=1S/C7H12BO2/c1-3-5-4(2)6-7(9-5)8-10-6/h4-7H,3H2,1-2H3/t4?,5-,6?,7-/m0/s1. The Morgan fingerprint density at radius 2 is 2.30 bits per heavy atom. The Balaban J connectivity index is 2.02. The highest BCUT2D eigenvalue weighted by molar-refractivity contribution is 6.33. The van der Waals surface area contributed by atoms with Crippen molar-refractivity contribution in [1.29, 1.82) is 0 Å². The zero-order valence-corrected chi connectivity index (χ0v) is 6.41. The molecule has 2 saturated heterocycles. The van der Waals surface area contributed by atoms with Crippen LogP contribution in [0.5, 0.6) is 0 Å². The summed E-state index contributed by atoms with van der Waals surface area (Å²) in [7, 11) is 1.80. The smallest absolute Gasteiger partial charge is 0.327 e. The average molecular weight is 139 g/mol. The maximum atomic E-state index is 5.64. The van der Waals surface area contributed by atoms with Gasteiger partial charge in [-0.3, -0.25) is 0 Å². The predicted octanol–water partition coefficient (Wildman–Crippen LogP) is 0.775.